The molecule has 2 rings (SSSR count). The van der Waals surface area contributed by atoms with Gasteiger partial charge >= 0.3 is 0 Å². The minimum Gasteiger partial charge on any atom is -0.298 e. The van der Waals surface area contributed by atoms with Crippen molar-refractivity contribution < 1.29 is 0 Å². The van der Waals surface area contributed by atoms with Crippen LogP contribution in [0.15, 0.2) is 18.2 Å². The molecule has 76 valence electrons. The van der Waals surface area contributed by atoms with Crippen LogP contribution in [0.4, 0.5) is 0 Å². The van der Waals surface area contributed by atoms with E-state index in [0.29, 0.717) is 0 Å². The van der Waals surface area contributed by atoms with Gasteiger partial charge in [-0.3, -0.25) is 4.90 Å². The third-order valence-corrected chi connectivity index (χ3v) is 3.46. The van der Waals surface area contributed by atoms with Crippen LogP contribution >= 0.6 is 22.6 Å². The number of hydrogen-bond acceptors (Lipinski definition) is 1. The molecule has 1 aliphatic rings. The summed E-state index contributed by atoms with van der Waals surface area (Å²) in [5.41, 5.74) is 4.61. The Morgan fingerprint density at radius 1 is 1.43 bits per heavy atom. The Hall–Kier alpha value is -0.0900. The van der Waals surface area contributed by atoms with E-state index in [1.54, 1.807) is 11.1 Å². The van der Waals surface area contributed by atoms with E-state index in [0.717, 1.165) is 6.54 Å². The molecule has 1 aromatic rings. The van der Waals surface area contributed by atoms with Gasteiger partial charge < -0.3 is 0 Å². The number of hydrogen-bond donors (Lipinski definition) is 0. The summed E-state index contributed by atoms with van der Waals surface area (Å²) in [6.45, 7) is 5.85. The molecule has 2 heteroatoms. The number of halogens is 1. The average Bonchev–Trinajstić information content (AvgIpc) is 2.18. The van der Waals surface area contributed by atoms with Crippen molar-refractivity contribution in [2.75, 3.05) is 17.5 Å². The lowest BCUT2D eigenvalue weighted by Crippen LogP contribution is -2.32. The molecule has 1 nitrogen and oxygen atoms in total. The molecule has 14 heavy (non-hydrogen) atoms. The van der Waals surface area contributed by atoms with Crippen LogP contribution in [0.1, 0.15) is 16.7 Å². The van der Waals surface area contributed by atoms with Gasteiger partial charge in [0.2, 0.25) is 0 Å². The molecule has 0 radical (unpaired) electrons. The number of nitrogens with zero attached hydrogens (tertiary/aromatic N) is 1. The first-order valence-electron chi connectivity index (χ1n) is 5.17. The molecular formula is C12H16IN. The van der Waals surface area contributed by atoms with E-state index in [9.17, 15) is 0 Å². The molecule has 1 aliphatic heterocycles. The number of fused-ring (bicyclic) bond motifs is 1. The van der Waals surface area contributed by atoms with Crippen LogP contribution in [0, 0.1) is 6.92 Å². The highest BCUT2D eigenvalue weighted by atomic mass is 127. The van der Waals surface area contributed by atoms with Crippen molar-refractivity contribution in [2.24, 2.45) is 0 Å². The summed E-state index contributed by atoms with van der Waals surface area (Å²) >= 11 is 2.45. The number of alkyl halides is 1. The molecular weight excluding hydrogens is 285 g/mol. The molecule has 0 saturated heterocycles. The Balaban J connectivity index is 2.18. The Labute approximate surface area is 99.6 Å². The molecule has 0 unspecified atom stereocenters. The first-order valence-corrected chi connectivity index (χ1v) is 6.69. The van der Waals surface area contributed by atoms with Gasteiger partial charge in [0.15, 0.2) is 0 Å². The van der Waals surface area contributed by atoms with Crippen LogP contribution in [-0.4, -0.2) is 22.4 Å². The second-order valence-corrected chi connectivity index (χ2v) is 5.01. The smallest absolute Gasteiger partial charge is 0.0237 e. The molecule has 0 bridgehead atoms. The number of benzene rings is 1. The van der Waals surface area contributed by atoms with Crippen molar-refractivity contribution in [1.29, 1.82) is 0 Å². The Kier molecular flexibility index (Phi) is 3.44. The van der Waals surface area contributed by atoms with Gasteiger partial charge in [-0.05, 0) is 30.0 Å². The lowest BCUT2D eigenvalue weighted by Gasteiger charge is -2.29. The monoisotopic (exact) mass is 301 g/mol. The molecule has 0 fully saturated rings. The summed E-state index contributed by atoms with van der Waals surface area (Å²) in [5, 5.41) is 0. The van der Waals surface area contributed by atoms with Crippen molar-refractivity contribution in [1.82, 2.24) is 4.90 Å². The fourth-order valence-electron chi connectivity index (χ4n) is 2.17. The number of rotatable bonds is 2. The van der Waals surface area contributed by atoms with Crippen LogP contribution < -0.4 is 0 Å². The molecule has 0 saturated carbocycles. The average molecular weight is 301 g/mol. The first-order chi connectivity index (χ1) is 6.81. The second kappa shape index (κ2) is 4.62. The molecule has 0 N–H and O–H groups in total. The van der Waals surface area contributed by atoms with Crippen molar-refractivity contribution in [2.45, 2.75) is 19.9 Å². The quantitative estimate of drug-likeness (QED) is 0.600. The zero-order valence-corrected chi connectivity index (χ0v) is 10.8. The lowest BCUT2D eigenvalue weighted by molar-refractivity contribution is 0.271. The van der Waals surface area contributed by atoms with Gasteiger partial charge in [-0.2, -0.15) is 0 Å². The second-order valence-electron chi connectivity index (χ2n) is 3.93. The van der Waals surface area contributed by atoms with E-state index in [1.165, 1.54) is 29.5 Å². The molecule has 0 spiro atoms. The Morgan fingerprint density at radius 2 is 2.29 bits per heavy atom. The fraction of sp³-hybridized carbons (Fsp3) is 0.500. The van der Waals surface area contributed by atoms with Crippen molar-refractivity contribution >= 4 is 22.6 Å². The van der Waals surface area contributed by atoms with Gasteiger partial charge in [0, 0.05) is 24.1 Å². The predicted molar refractivity (Wildman–Crippen MR) is 69.0 cm³/mol. The SMILES string of the molecule is Cc1cccc2c1CCN(CCI)C2. The molecule has 0 amide bonds. The van der Waals surface area contributed by atoms with Gasteiger partial charge in [0.05, 0.1) is 0 Å². The summed E-state index contributed by atoms with van der Waals surface area (Å²) in [6.07, 6.45) is 1.23. The van der Waals surface area contributed by atoms with E-state index in [-0.39, 0.29) is 0 Å². The molecule has 1 heterocycles. The summed E-state index contributed by atoms with van der Waals surface area (Å²) in [6, 6.07) is 6.69. The van der Waals surface area contributed by atoms with E-state index in [2.05, 4.69) is 52.6 Å². The highest BCUT2D eigenvalue weighted by molar-refractivity contribution is 14.1. The van der Waals surface area contributed by atoms with Crippen LogP contribution in [0.2, 0.25) is 0 Å². The maximum atomic E-state index is 2.55. The summed E-state index contributed by atoms with van der Waals surface area (Å²) in [4.78, 5) is 2.55. The first kappa shape index (κ1) is 10.4. The molecule has 0 aromatic heterocycles. The Bertz CT molecular complexity index is 322. The molecule has 0 atom stereocenters. The van der Waals surface area contributed by atoms with Crippen LogP contribution in [-0.2, 0) is 13.0 Å². The van der Waals surface area contributed by atoms with Crippen LogP contribution in [0.25, 0.3) is 0 Å². The third kappa shape index (κ3) is 2.11. The standard InChI is InChI=1S/C12H16IN/c1-10-3-2-4-11-9-14(8-6-13)7-5-12(10)11/h2-4H,5-9H2,1H3. The number of aryl methyl sites for hydroxylation is 1. The van der Waals surface area contributed by atoms with E-state index < -0.39 is 0 Å². The van der Waals surface area contributed by atoms with Crippen LogP contribution in [0.3, 0.4) is 0 Å². The van der Waals surface area contributed by atoms with E-state index >= 15 is 0 Å². The zero-order valence-electron chi connectivity index (χ0n) is 8.59. The molecule has 0 aliphatic carbocycles. The lowest BCUT2D eigenvalue weighted by atomic mass is 9.95. The summed E-state index contributed by atoms with van der Waals surface area (Å²) < 4.78 is 1.24. The van der Waals surface area contributed by atoms with Gasteiger partial charge in [0.25, 0.3) is 0 Å². The third-order valence-electron chi connectivity index (χ3n) is 2.98. The zero-order chi connectivity index (χ0) is 9.97. The van der Waals surface area contributed by atoms with Gasteiger partial charge in [-0.1, -0.05) is 40.8 Å². The van der Waals surface area contributed by atoms with Crippen molar-refractivity contribution in [3.63, 3.8) is 0 Å². The van der Waals surface area contributed by atoms with Crippen molar-refractivity contribution in [3.8, 4) is 0 Å². The van der Waals surface area contributed by atoms with Gasteiger partial charge in [-0.15, -0.1) is 0 Å². The minimum atomic E-state index is 1.15. The normalized spacial score (nSPS) is 16.7. The highest BCUT2D eigenvalue weighted by Gasteiger charge is 2.16. The Morgan fingerprint density at radius 3 is 3.07 bits per heavy atom. The van der Waals surface area contributed by atoms with Crippen LogP contribution in [0.5, 0.6) is 0 Å². The van der Waals surface area contributed by atoms with E-state index in [4.69, 9.17) is 0 Å². The van der Waals surface area contributed by atoms with Crippen molar-refractivity contribution in [3.05, 3.63) is 34.9 Å². The summed E-state index contributed by atoms with van der Waals surface area (Å²) in [5.74, 6) is 0. The van der Waals surface area contributed by atoms with Gasteiger partial charge in [0.1, 0.15) is 0 Å². The minimum absolute atomic E-state index is 1.15. The summed E-state index contributed by atoms with van der Waals surface area (Å²) in [7, 11) is 0. The maximum Gasteiger partial charge on any atom is 0.0237 e. The van der Waals surface area contributed by atoms with Gasteiger partial charge in [-0.25, -0.2) is 0 Å². The predicted octanol–water partition coefficient (Wildman–Crippen LogP) is 2.79. The topological polar surface area (TPSA) is 3.24 Å². The largest absolute Gasteiger partial charge is 0.298 e. The molecule has 1 aromatic carbocycles. The highest BCUT2D eigenvalue weighted by Crippen LogP contribution is 2.21. The van der Waals surface area contributed by atoms with E-state index in [1.807, 2.05) is 0 Å². The fourth-order valence-corrected chi connectivity index (χ4v) is 2.85. The maximum absolute atomic E-state index is 2.55.